The van der Waals surface area contributed by atoms with Crippen molar-refractivity contribution in [2.45, 2.75) is 41.6 Å². The van der Waals surface area contributed by atoms with Crippen LogP contribution in [0.2, 0.25) is 0 Å². The van der Waals surface area contributed by atoms with E-state index in [0.717, 1.165) is 10.1 Å². The Labute approximate surface area is 109 Å². The third-order valence-corrected chi connectivity index (χ3v) is 5.62. The number of thioether (sulfide) groups is 1. The van der Waals surface area contributed by atoms with Crippen molar-refractivity contribution in [1.29, 1.82) is 0 Å². The molecule has 1 atom stereocenters. The normalized spacial score (nSPS) is 23.6. The Morgan fingerprint density at radius 2 is 2.29 bits per heavy atom. The van der Waals surface area contributed by atoms with E-state index in [2.05, 4.69) is 15.5 Å². The molecule has 94 valence electrons. The predicted molar refractivity (Wildman–Crippen MR) is 69.3 cm³/mol. The number of aromatic nitrogens is 2. The first-order valence-corrected chi connectivity index (χ1v) is 7.96. The Bertz CT molecular complexity index is 365. The molecule has 2 saturated carbocycles. The van der Waals surface area contributed by atoms with Crippen LogP contribution in [0.1, 0.15) is 25.7 Å². The average molecular weight is 271 g/mol. The Hall–Kier alpha value is -0.170. The number of nitrogens with zero attached hydrogens (tertiary/aromatic N) is 2. The number of aliphatic hydroxyl groups is 1. The minimum atomic E-state index is -0.0858. The summed E-state index contributed by atoms with van der Waals surface area (Å²) < 4.78 is 1.00. The van der Waals surface area contributed by atoms with E-state index in [0.29, 0.717) is 12.0 Å². The van der Waals surface area contributed by atoms with Crippen molar-refractivity contribution in [1.82, 2.24) is 15.5 Å². The fraction of sp³-hybridized carbons (Fsp3) is 0.818. The first-order chi connectivity index (χ1) is 8.32. The summed E-state index contributed by atoms with van der Waals surface area (Å²) in [6.07, 6.45) is 5.02. The van der Waals surface area contributed by atoms with E-state index in [1.54, 1.807) is 28.6 Å². The van der Waals surface area contributed by atoms with Crippen molar-refractivity contribution in [3.63, 3.8) is 0 Å². The molecule has 0 spiro atoms. The topological polar surface area (TPSA) is 58.0 Å². The van der Waals surface area contributed by atoms with Crippen molar-refractivity contribution >= 4 is 23.1 Å². The lowest BCUT2D eigenvalue weighted by molar-refractivity contribution is 0.157. The zero-order chi connectivity index (χ0) is 11.7. The van der Waals surface area contributed by atoms with Crippen LogP contribution in [-0.2, 0) is 0 Å². The van der Waals surface area contributed by atoms with Gasteiger partial charge in [-0.15, -0.1) is 10.2 Å². The summed E-state index contributed by atoms with van der Waals surface area (Å²) >= 11 is 3.29. The van der Waals surface area contributed by atoms with E-state index in [1.807, 2.05) is 0 Å². The lowest BCUT2D eigenvalue weighted by atomic mass is 9.96. The standard InChI is InChI=1S/C11H17N3OS2/c15-5-11(8-1-2-8,13-9-3-4-9)6-16-10-14-12-7-17-10/h7-9,13,15H,1-6H2. The largest absolute Gasteiger partial charge is 0.394 e. The van der Waals surface area contributed by atoms with Gasteiger partial charge in [0, 0.05) is 11.8 Å². The molecule has 0 aliphatic heterocycles. The highest BCUT2D eigenvalue weighted by atomic mass is 32.2. The van der Waals surface area contributed by atoms with Crippen LogP contribution in [0, 0.1) is 5.92 Å². The van der Waals surface area contributed by atoms with Crippen molar-refractivity contribution in [3.8, 4) is 0 Å². The molecule has 0 saturated heterocycles. The molecule has 0 aromatic carbocycles. The molecule has 1 unspecified atom stereocenters. The average Bonchev–Trinajstić information content (AvgIpc) is 3.26. The molecule has 1 heterocycles. The fourth-order valence-electron chi connectivity index (χ4n) is 2.18. The summed E-state index contributed by atoms with van der Waals surface area (Å²) in [5.74, 6) is 1.55. The highest BCUT2D eigenvalue weighted by Gasteiger charge is 2.47. The first-order valence-electron chi connectivity index (χ1n) is 6.10. The highest BCUT2D eigenvalue weighted by molar-refractivity contribution is 8.01. The lowest BCUT2D eigenvalue weighted by Crippen LogP contribution is -2.53. The maximum Gasteiger partial charge on any atom is 0.174 e. The Morgan fingerprint density at radius 1 is 1.47 bits per heavy atom. The number of hydrogen-bond acceptors (Lipinski definition) is 6. The summed E-state index contributed by atoms with van der Waals surface area (Å²) in [7, 11) is 0. The zero-order valence-corrected chi connectivity index (χ0v) is 11.3. The lowest BCUT2D eigenvalue weighted by Gasteiger charge is -2.33. The van der Waals surface area contributed by atoms with Crippen LogP contribution < -0.4 is 5.32 Å². The van der Waals surface area contributed by atoms with Gasteiger partial charge in [-0.3, -0.25) is 0 Å². The van der Waals surface area contributed by atoms with Gasteiger partial charge in [-0.25, -0.2) is 0 Å². The van der Waals surface area contributed by atoms with Crippen molar-refractivity contribution in [2.24, 2.45) is 5.92 Å². The van der Waals surface area contributed by atoms with Gasteiger partial charge in [0.25, 0.3) is 0 Å². The molecular weight excluding hydrogens is 254 g/mol. The van der Waals surface area contributed by atoms with Crippen LogP contribution in [0.5, 0.6) is 0 Å². The Balaban J connectivity index is 1.64. The van der Waals surface area contributed by atoms with Crippen LogP contribution in [-0.4, -0.2) is 39.2 Å². The van der Waals surface area contributed by atoms with E-state index >= 15 is 0 Å². The fourth-order valence-corrected chi connectivity index (χ4v) is 3.94. The van der Waals surface area contributed by atoms with Gasteiger partial charge in [0.05, 0.1) is 12.1 Å². The third kappa shape index (κ3) is 2.81. The Kier molecular flexibility index (Phi) is 3.38. The van der Waals surface area contributed by atoms with Gasteiger partial charge in [-0.05, 0) is 31.6 Å². The second-order valence-electron chi connectivity index (χ2n) is 5.00. The second-order valence-corrected chi connectivity index (χ2v) is 7.06. The molecule has 0 radical (unpaired) electrons. The summed E-state index contributed by atoms with van der Waals surface area (Å²) in [6.45, 7) is 0.236. The summed E-state index contributed by atoms with van der Waals surface area (Å²) in [6, 6.07) is 0.637. The molecule has 3 rings (SSSR count). The highest BCUT2D eigenvalue weighted by Crippen LogP contribution is 2.43. The van der Waals surface area contributed by atoms with Crippen molar-refractivity contribution in [3.05, 3.63) is 5.51 Å². The van der Waals surface area contributed by atoms with E-state index < -0.39 is 0 Å². The summed E-state index contributed by atoms with van der Waals surface area (Å²) in [5.41, 5.74) is 1.67. The van der Waals surface area contributed by atoms with Crippen molar-refractivity contribution in [2.75, 3.05) is 12.4 Å². The quantitative estimate of drug-likeness (QED) is 0.736. The van der Waals surface area contributed by atoms with Gasteiger partial charge < -0.3 is 10.4 Å². The predicted octanol–water partition coefficient (Wildman–Crippen LogP) is 1.52. The third-order valence-electron chi connectivity index (χ3n) is 3.50. The molecule has 2 aliphatic carbocycles. The van der Waals surface area contributed by atoms with Crippen LogP contribution in [0.15, 0.2) is 9.85 Å². The molecule has 17 heavy (non-hydrogen) atoms. The smallest absolute Gasteiger partial charge is 0.174 e. The van der Waals surface area contributed by atoms with Gasteiger partial charge in [0.1, 0.15) is 5.51 Å². The Morgan fingerprint density at radius 3 is 2.82 bits per heavy atom. The van der Waals surface area contributed by atoms with Crippen LogP contribution in [0.3, 0.4) is 0 Å². The van der Waals surface area contributed by atoms with Gasteiger partial charge in [0.15, 0.2) is 4.34 Å². The zero-order valence-electron chi connectivity index (χ0n) is 9.63. The van der Waals surface area contributed by atoms with Gasteiger partial charge in [0.2, 0.25) is 0 Å². The number of nitrogens with one attached hydrogen (secondary N) is 1. The molecule has 1 aromatic heterocycles. The molecule has 4 nitrogen and oxygen atoms in total. The monoisotopic (exact) mass is 271 g/mol. The van der Waals surface area contributed by atoms with Gasteiger partial charge in [-0.2, -0.15) is 0 Å². The molecular formula is C11H17N3OS2. The molecule has 2 N–H and O–H groups in total. The van der Waals surface area contributed by atoms with Crippen LogP contribution in [0.25, 0.3) is 0 Å². The minimum Gasteiger partial charge on any atom is -0.394 e. The molecule has 0 bridgehead atoms. The first kappa shape index (κ1) is 11.9. The van der Waals surface area contributed by atoms with E-state index in [4.69, 9.17) is 0 Å². The number of rotatable bonds is 7. The van der Waals surface area contributed by atoms with E-state index in [9.17, 15) is 5.11 Å². The molecule has 0 amide bonds. The maximum atomic E-state index is 9.78. The van der Waals surface area contributed by atoms with Gasteiger partial charge in [-0.1, -0.05) is 23.1 Å². The maximum absolute atomic E-state index is 9.78. The molecule has 6 heteroatoms. The number of aliphatic hydroxyl groups excluding tert-OH is 1. The van der Waals surface area contributed by atoms with Gasteiger partial charge >= 0.3 is 0 Å². The van der Waals surface area contributed by atoms with Crippen LogP contribution >= 0.6 is 23.1 Å². The number of hydrogen-bond donors (Lipinski definition) is 2. The van der Waals surface area contributed by atoms with E-state index in [-0.39, 0.29) is 12.1 Å². The second kappa shape index (κ2) is 4.84. The summed E-state index contributed by atoms with van der Waals surface area (Å²) in [5, 5.41) is 21.3. The van der Waals surface area contributed by atoms with Crippen molar-refractivity contribution < 1.29 is 5.11 Å². The van der Waals surface area contributed by atoms with E-state index in [1.165, 1.54) is 25.7 Å². The molecule has 1 aromatic rings. The van der Waals surface area contributed by atoms with Crippen LogP contribution in [0.4, 0.5) is 0 Å². The molecule has 2 fully saturated rings. The minimum absolute atomic E-state index is 0.0858. The molecule has 2 aliphatic rings. The SMILES string of the molecule is OCC(CSc1nncs1)(NC1CC1)C1CC1. The summed E-state index contributed by atoms with van der Waals surface area (Å²) in [4.78, 5) is 0.